The van der Waals surface area contributed by atoms with Gasteiger partial charge in [-0.05, 0) is 24.3 Å². The molecule has 73 valence electrons. The Bertz CT molecular complexity index is 309. The molecule has 2 N–H and O–H groups in total. The monoisotopic (exact) mass is 191 g/mol. The number of carbonyl (C=O) groups is 2. The molecule has 4 nitrogen and oxygen atoms in total. The summed E-state index contributed by atoms with van der Waals surface area (Å²) >= 11 is 0. The van der Waals surface area contributed by atoms with Gasteiger partial charge in [-0.3, -0.25) is 9.59 Å². The fraction of sp³-hybridized carbons (Fsp3) is 0.200. The highest BCUT2D eigenvalue weighted by Gasteiger charge is 2.05. The lowest BCUT2D eigenvalue weighted by Crippen LogP contribution is -2.20. The van der Waals surface area contributed by atoms with Crippen LogP contribution in [-0.4, -0.2) is 25.9 Å². The zero-order valence-electron chi connectivity index (χ0n) is 8.05. The third-order valence-electron chi connectivity index (χ3n) is 1.77. The molecule has 0 saturated carbocycles. The van der Waals surface area contributed by atoms with Crippen molar-refractivity contribution in [2.75, 3.05) is 14.1 Å². The molecule has 0 fully saturated rings. The van der Waals surface area contributed by atoms with E-state index in [4.69, 9.17) is 0 Å². The first-order valence-corrected chi connectivity index (χ1v) is 4.15. The van der Waals surface area contributed by atoms with Gasteiger partial charge in [0.15, 0.2) is 0 Å². The van der Waals surface area contributed by atoms with Crippen LogP contribution in [0.1, 0.15) is 20.7 Å². The Morgan fingerprint density at radius 2 is 1.79 bits per heavy atom. The zero-order chi connectivity index (χ0) is 10.6. The van der Waals surface area contributed by atoms with Crippen LogP contribution in [0.15, 0.2) is 18.2 Å². The van der Waals surface area contributed by atoms with Gasteiger partial charge in [-0.15, -0.1) is 0 Å². The van der Waals surface area contributed by atoms with E-state index in [9.17, 15) is 9.59 Å². The molecule has 0 aliphatic carbocycles. The summed E-state index contributed by atoms with van der Waals surface area (Å²) in [7, 11) is 3.10. The summed E-state index contributed by atoms with van der Waals surface area (Å²) in [4.78, 5) is 22.3. The van der Waals surface area contributed by atoms with Crippen LogP contribution in [0.3, 0.4) is 0 Å². The number of benzene rings is 1. The molecule has 0 aliphatic heterocycles. The summed E-state index contributed by atoms with van der Waals surface area (Å²) in [5, 5.41) is 4.96. The van der Waals surface area contributed by atoms with Crippen molar-refractivity contribution in [2.24, 2.45) is 0 Å². The van der Waals surface area contributed by atoms with Crippen molar-refractivity contribution in [1.29, 1.82) is 0 Å². The number of amides is 2. The third kappa shape index (κ3) is 2.10. The van der Waals surface area contributed by atoms with Gasteiger partial charge in [0.2, 0.25) is 0 Å². The molecule has 0 heterocycles. The van der Waals surface area contributed by atoms with Crippen molar-refractivity contribution in [3.8, 4) is 0 Å². The van der Waals surface area contributed by atoms with Gasteiger partial charge in [-0.2, -0.15) is 0 Å². The van der Waals surface area contributed by atoms with E-state index in [2.05, 4.69) is 16.7 Å². The molecule has 0 saturated heterocycles. The molecule has 1 aromatic rings. The van der Waals surface area contributed by atoms with Crippen LogP contribution in [-0.2, 0) is 0 Å². The molecule has 0 unspecified atom stereocenters. The third-order valence-corrected chi connectivity index (χ3v) is 1.77. The highest BCUT2D eigenvalue weighted by molar-refractivity contribution is 5.97. The van der Waals surface area contributed by atoms with Crippen LogP contribution in [0, 0.1) is 6.07 Å². The summed E-state index contributed by atoms with van der Waals surface area (Å²) in [5.74, 6) is -0.404. The van der Waals surface area contributed by atoms with Gasteiger partial charge in [-0.1, -0.05) is 0 Å². The minimum atomic E-state index is -0.214. The summed E-state index contributed by atoms with van der Waals surface area (Å²) in [6, 6.07) is 7.36. The maximum atomic E-state index is 11.1. The van der Waals surface area contributed by atoms with Gasteiger partial charge in [0.05, 0.1) is 0 Å². The molecule has 14 heavy (non-hydrogen) atoms. The number of nitrogens with one attached hydrogen (secondary N) is 2. The molecule has 2 amide bonds. The molecule has 1 aromatic carbocycles. The molecular weight excluding hydrogens is 180 g/mol. The lowest BCUT2D eigenvalue weighted by Gasteiger charge is -2.01. The predicted molar refractivity (Wildman–Crippen MR) is 52.1 cm³/mol. The quantitative estimate of drug-likeness (QED) is 0.701. The number of rotatable bonds is 2. The SMILES string of the molecule is CNC(=O)c1[c]cc(C(=O)NC)cc1. The van der Waals surface area contributed by atoms with E-state index >= 15 is 0 Å². The van der Waals surface area contributed by atoms with E-state index in [-0.39, 0.29) is 11.8 Å². The molecule has 0 spiro atoms. The Labute approximate surface area is 82.3 Å². The van der Waals surface area contributed by atoms with Crippen molar-refractivity contribution in [3.63, 3.8) is 0 Å². The second-order valence-corrected chi connectivity index (χ2v) is 2.65. The number of hydrogen-bond acceptors (Lipinski definition) is 2. The van der Waals surface area contributed by atoms with E-state index in [1.54, 1.807) is 26.2 Å². The van der Waals surface area contributed by atoms with Crippen LogP contribution in [0.2, 0.25) is 0 Å². The molecule has 1 radical (unpaired) electrons. The molecule has 0 atom stereocenters. The number of hydrogen-bond donors (Lipinski definition) is 2. The van der Waals surface area contributed by atoms with Crippen molar-refractivity contribution >= 4 is 11.8 Å². The molecule has 0 aliphatic rings. The van der Waals surface area contributed by atoms with Gasteiger partial charge in [0, 0.05) is 25.2 Å². The normalized spacial score (nSPS) is 9.29. The van der Waals surface area contributed by atoms with Crippen LogP contribution in [0.4, 0.5) is 0 Å². The van der Waals surface area contributed by atoms with E-state index in [1.807, 2.05) is 0 Å². The first-order valence-electron chi connectivity index (χ1n) is 4.15. The predicted octanol–water partition coefficient (Wildman–Crippen LogP) is 0.206. The Morgan fingerprint density at radius 3 is 2.21 bits per heavy atom. The van der Waals surface area contributed by atoms with Gasteiger partial charge in [0.25, 0.3) is 11.8 Å². The summed E-state index contributed by atoms with van der Waals surface area (Å²) in [5.41, 5.74) is 0.903. The average molecular weight is 191 g/mol. The second kappa shape index (κ2) is 4.41. The lowest BCUT2D eigenvalue weighted by molar-refractivity contribution is 0.0951. The maximum absolute atomic E-state index is 11.1. The standard InChI is InChI=1S/C10H11N2O2/c1-11-9(13)7-3-5-8(6-4-7)10(14)12-2/h3-5H,1-2H3,(H,11,13)(H,12,14). The molecule has 0 bridgehead atoms. The van der Waals surface area contributed by atoms with E-state index < -0.39 is 0 Å². The summed E-state index contributed by atoms with van der Waals surface area (Å²) < 4.78 is 0. The molecular formula is C10H11N2O2. The first-order chi connectivity index (χ1) is 6.69. The molecule has 4 heteroatoms. The largest absolute Gasteiger partial charge is 0.355 e. The van der Waals surface area contributed by atoms with Crippen molar-refractivity contribution < 1.29 is 9.59 Å². The minimum Gasteiger partial charge on any atom is -0.355 e. The lowest BCUT2D eigenvalue weighted by atomic mass is 10.1. The van der Waals surface area contributed by atoms with E-state index in [0.29, 0.717) is 11.1 Å². The fourth-order valence-electron chi connectivity index (χ4n) is 0.986. The van der Waals surface area contributed by atoms with E-state index in [0.717, 1.165) is 0 Å². The van der Waals surface area contributed by atoms with Crippen LogP contribution in [0.25, 0.3) is 0 Å². The minimum absolute atomic E-state index is 0.190. The Balaban J connectivity index is 2.89. The maximum Gasteiger partial charge on any atom is 0.251 e. The summed E-state index contributed by atoms with van der Waals surface area (Å²) in [6.07, 6.45) is 0. The highest BCUT2D eigenvalue weighted by Crippen LogP contribution is 2.03. The average Bonchev–Trinajstić information content (AvgIpc) is 2.27. The topological polar surface area (TPSA) is 58.2 Å². The van der Waals surface area contributed by atoms with E-state index in [1.165, 1.54) is 6.07 Å². The van der Waals surface area contributed by atoms with Gasteiger partial charge >= 0.3 is 0 Å². The fourth-order valence-corrected chi connectivity index (χ4v) is 0.986. The van der Waals surface area contributed by atoms with Crippen LogP contribution in [0.5, 0.6) is 0 Å². The second-order valence-electron chi connectivity index (χ2n) is 2.65. The Hall–Kier alpha value is -1.84. The first kappa shape index (κ1) is 10.2. The van der Waals surface area contributed by atoms with Gasteiger partial charge in [0.1, 0.15) is 0 Å². The summed E-state index contributed by atoms with van der Waals surface area (Å²) in [6.45, 7) is 0. The number of carbonyl (C=O) groups excluding carboxylic acids is 2. The van der Waals surface area contributed by atoms with Crippen LogP contribution < -0.4 is 10.6 Å². The zero-order valence-corrected chi connectivity index (χ0v) is 8.05. The molecule has 0 aromatic heterocycles. The Morgan fingerprint density at radius 1 is 1.14 bits per heavy atom. The van der Waals surface area contributed by atoms with Crippen molar-refractivity contribution in [2.45, 2.75) is 0 Å². The van der Waals surface area contributed by atoms with Gasteiger partial charge in [-0.25, -0.2) is 0 Å². The van der Waals surface area contributed by atoms with Crippen molar-refractivity contribution in [3.05, 3.63) is 35.4 Å². The highest BCUT2D eigenvalue weighted by atomic mass is 16.2. The van der Waals surface area contributed by atoms with Crippen LogP contribution >= 0.6 is 0 Å². The Kier molecular flexibility index (Phi) is 3.23. The van der Waals surface area contributed by atoms with Crippen molar-refractivity contribution in [1.82, 2.24) is 10.6 Å². The molecule has 1 rings (SSSR count). The smallest absolute Gasteiger partial charge is 0.251 e. The van der Waals surface area contributed by atoms with Gasteiger partial charge < -0.3 is 10.6 Å².